The summed E-state index contributed by atoms with van der Waals surface area (Å²) in [6, 6.07) is -0.527. The molecule has 2 heterocycles. The molecule has 8 heteroatoms. The highest BCUT2D eigenvalue weighted by molar-refractivity contribution is 7.13. The molecule has 1 saturated heterocycles. The van der Waals surface area contributed by atoms with Gasteiger partial charge in [-0.15, -0.1) is 11.3 Å². The number of carboxylic acids is 1. The van der Waals surface area contributed by atoms with Crippen LogP contribution in [-0.2, 0) is 9.59 Å². The van der Waals surface area contributed by atoms with Gasteiger partial charge in [0.05, 0.1) is 0 Å². The lowest BCUT2D eigenvalue weighted by Gasteiger charge is -2.27. The Balaban J connectivity index is 2.07. The monoisotopic (exact) mass is 269 g/mol. The Morgan fingerprint density at radius 3 is 2.94 bits per heavy atom. The average molecular weight is 269 g/mol. The summed E-state index contributed by atoms with van der Waals surface area (Å²) in [5, 5.41) is 13.4. The first-order valence-electron chi connectivity index (χ1n) is 5.25. The number of rotatable bonds is 3. The van der Waals surface area contributed by atoms with Gasteiger partial charge in [-0.25, -0.2) is 9.78 Å². The molecule has 2 rings (SSSR count). The fourth-order valence-corrected chi connectivity index (χ4v) is 2.38. The summed E-state index contributed by atoms with van der Waals surface area (Å²) in [5.74, 6) is -1.64. The molecule has 7 nitrogen and oxygen atoms in total. The van der Waals surface area contributed by atoms with Gasteiger partial charge >= 0.3 is 5.97 Å². The summed E-state index contributed by atoms with van der Waals surface area (Å²) >= 11 is 1.12. The first-order valence-corrected chi connectivity index (χ1v) is 6.12. The fourth-order valence-electron chi connectivity index (χ4n) is 1.64. The molecule has 1 fully saturated rings. The van der Waals surface area contributed by atoms with E-state index in [0.717, 1.165) is 16.2 Å². The van der Waals surface area contributed by atoms with Crippen LogP contribution in [0.2, 0.25) is 0 Å². The summed E-state index contributed by atoms with van der Waals surface area (Å²) in [4.78, 5) is 38.6. The van der Waals surface area contributed by atoms with Crippen molar-refractivity contribution in [1.82, 2.24) is 9.88 Å². The fraction of sp³-hybridized carbons (Fsp3) is 0.400. The number of amides is 2. The van der Waals surface area contributed by atoms with Gasteiger partial charge in [-0.05, 0) is 6.42 Å². The van der Waals surface area contributed by atoms with Crippen LogP contribution < -0.4 is 5.32 Å². The number of aromatic nitrogens is 1. The number of carboxylic acid groups (broad SMARTS) is 1. The summed E-state index contributed by atoms with van der Waals surface area (Å²) in [6.45, 7) is 0. The molecule has 0 saturated carbocycles. The zero-order chi connectivity index (χ0) is 13.3. The molecule has 0 aliphatic carbocycles. The van der Waals surface area contributed by atoms with Crippen molar-refractivity contribution >= 4 is 34.3 Å². The van der Waals surface area contributed by atoms with E-state index in [9.17, 15) is 14.4 Å². The Hall–Kier alpha value is -1.96. The highest BCUT2D eigenvalue weighted by atomic mass is 32.1. The van der Waals surface area contributed by atoms with Gasteiger partial charge < -0.3 is 10.4 Å². The molecule has 1 aliphatic heterocycles. The highest BCUT2D eigenvalue weighted by Crippen LogP contribution is 2.20. The molecule has 1 unspecified atom stereocenters. The number of likely N-dealkylation sites (tertiary alicyclic amines) is 1. The molecular weight excluding hydrogens is 258 g/mol. The van der Waals surface area contributed by atoms with Gasteiger partial charge in [0.15, 0.2) is 10.8 Å². The number of nitrogens with one attached hydrogen (secondary N) is 1. The molecule has 1 atom stereocenters. The van der Waals surface area contributed by atoms with Crippen LogP contribution in [0.15, 0.2) is 5.38 Å². The number of piperidine rings is 1. The first kappa shape index (κ1) is 12.5. The molecular formula is C10H11N3O4S. The van der Waals surface area contributed by atoms with Gasteiger partial charge in [0.25, 0.3) is 5.91 Å². The van der Waals surface area contributed by atoms with E-state index in [1.165, 1.54) is 12.4 Å². The largest absolute Gasteiger partial charge is 0.476 e. The van der Waals surface area contributed by atoms with Crippen molar-refractivity contribution in [2.75, 3.05) is 12.4 Å². The lowest BCUT2D eigenvalue weighted by Crippen LogP contribution is -2.48. The van der Waals surface area contributed by atoms with Gasteiger partial charge in [0.2, 0.25) is 5.91 Å². The van der Waals surface area contributed by atoms with Crippen LogP contribution in [0.5, 0.6) is 0 Å². The number of anilines is 1. The van der Waals surface area contributed by atoms with E-state index in [0.29, 0.717) is 11.6 Å². The molecule has 0 radical (unpaired) electrons. The van der Waals surface area contributed by atoms with Crippen molar-refractivity contribution in [3.8, 4) is 0 Å². The molecule has 2 N–H and O–H groups in total. The Morgan fingerprint density at radius 1 is 1.61 bits per heavy atom. The van der Waals surface area contributed by atoms with Crippen molar-refractivity contribution < 1.29 is 19.5 Å². The molecule has 0 spiro atoms. The second-order valence-electron chi connectivity index (χ2n) is 3.87. The maximum absolute atomic E-state index is 11.8. The Kier molecular flexibility index (Phi) is 3.28. The molecule has 18 heavy (non-hydrogen) atoms. The van der Waals surface area contributed by atoms with E-state index in [1.54, 1.807) is 0 Å². The predicted molar refractivity (Wildman–Crippen MR) is 63.5 cm³/mol. The third kappa shape index (κ3) is 2.33. The zero-order valence-corrected chi connectivity index (χ0v) is 10.4. The molecule has 2 amide bonds. The maximum Gasteiger partial charge on any atom is 0.355 e. The predicted octanol–water partition coefficient (Wildman–Crippen LogP) is 0.401. The van der Waals surface area contributed by atoms with Gasteiger partial charge in [0, 0.05) is 18.8 Å². The zero-order valence-electron chi connectivity index (χ0n) is 9.54. The lowest BCUT2D eigenvalue weighted by molar-refractivity contribution is -0.146. The van der Waals surface area contributed by atoms with Gasteiger partial charge in [0.1, 0.15) is 6.04 Å². The van der Waals surface area contributed by atoms with Gasteiger partial charge in [-0.2, -0.15) is 0 Å². The quantitative estimate of drug-likeness (QED) is 0.770. The normalized spacial score (nSPS) is 20.1. The number of hydrogen-bond acceptors (Lipinski definition) is 6. The van der Waals surface area contributed by atoms with Crippen molar-refractivity contribution in [3.05, 3.63) is 11.1 Å². The maximum atomic E-state index is 11.8. The average Bonchev–Trinajstić information content (AvgIpc) is 2.79. The molecule has 1 aromatic heterocycles. The Labute approximate surface area is 106 Å². The molecule has 96 valence electrons. The van der Waals surface area contributed by atoms with Crippen molar-refractivity contribution in [1.29, 1.82) is 0 Å². The third-order valence-corrected chi connectivity index (χ3v) is 3.44. The molecule has 0 bridgehead atoms. The second kappa shape index (κ2) is 4.73. The number of carbonyl (C=O) groups is 3. The van der Waals surface area contributed by atoms with Crippen molar-refractivity contribution in [2.45, 2.75) is 18.9 Å². The second-order valence-corrected chi connectivity index (χ2v) is 4.73. The molecule has 1 aromatic rings. The minimum Gasteiger partial charge on any atom is -0.476 e. The first-order chi connectivity index (χ1) is 8.49. The van der Waals surface area contributed by atoms with Crippen LogP contribution in [0.4, 0.5) is 5.13 Å². The number of aromatic carboxylic acids is 1. The number of carbonyl (C=O) groups excluding carboxylic acids is 2. The van der Waals surface area contributed by atoms with E-state index in [4.69, 9.17) is 5.11 Å². The minimum atomic E-state index is -1.11. The van der Waals surface area contributed by atoms with Crippen LogP contribution in [-0.4, -0.2) is 45.9 Å². The number of thiazole rings is 1. The van der Waals surface area contributed by atoms with E-state index >= 15 is 0 Å². The van der Waals surface area contributed by atoms with Gasteiger partial charge in [-0.3, -0.25) is 14.5 Å². The number of likely N-dealkylation sites (N-methyl/N-ethyl adjacent to an activating group) is 1. The SMILES string of the molecule is CN1C(=O)CCC(Nc2nc(C(=O)O)cs2)C1=O. The van der Waals surface area contributed by atoms with Crippen LogP contribution in [0.1, 0.15) is 23.3 Å². The van der Waals surface area contributed by atoms with E-state index in [2.05, 4.69) is 10.3 Å². The van der Waals surface area contributed by atoms with Crippen LogP contribution >= 0.6 is 11.3 Å². The summed E-state index contributed by atoms with van der Waals surface area (Å²) in [6.07, 6.45) is 0.682. The third-order valence-electron chi connectivity index (χ3n) is 2.67. The number of imide groups is 1. The summed E-state index contributed by atoms with van der Waals surface area (Å²) in [7, 11) is 1.43. The minimum absolute atomic E-state index is 0.0600. The summed E-state index contributed by atoms with van der Waals surface area (Å²) < 4.78 is 0. The lowest BCUT2D eigenvalue weighted by atomic mass is 10.1. The van der Waals surface area contributed by atoms with Crippen LogP contribution in [0, 0.1) is 0 Å². The van der Waals surface area contributed by atoms with Crippen molar-refractivity contribution in [2.24, 2.45) is 0 Å². The number of hydrogen-bond donors (Lipinski definition) is 2. The van der Waals surface area contributed by atoms with Gasteiger partial charge in [-0.1, -0.05) is 0 Å². The van der Waals surface area contributed by atoms with Crippen LogP contribution in [0.3, 0.4) is 0 Å². The Morgan fingerprint density at radius 2 is 2.33 bits per heavy atom. The van der Waals surface area contributed by atoms with Crippen LogP contribution in [0.25, 0.3) is 0 Å². The molecule has 0 aromatic carbocycles. The topological polar surface area (TPSA) is 99.6 Å². The van der Waals surface area contributed by atoms with E-state index in [1.807, 2.05) is 0 Å². The standard InChI is InChI=1S/C10H11N3O4S/c1-13-7(14)3-2-5(8(13)15)11-10-12-6(4-18-10)9(16)17/h4-5H,2-3H2,1H3,(H,11,12)(H,16,17). The smallest absolute Gasteiger partial charge is 0.355 e. The Bertz CT molecular complexity index is 513. The summed E-state index contributed by atoms with van der Waals surface area (Å²) in [5.41, 5.74) is -0.0600. The van der Waals surface area contributed by atoms with Crippen molar-refractivity contribution in [3.63, 3.8) is 0 Å². The number of nitrogens with zero attached hydrogens (tertiary/aromatic N) is 2. The van der Waals surface area contributed by atoms with E-state index < -0.39 is 12.0 Å². The molecule has 1 aliphatic rings. The van der Waals surface area contributed by atoms with E-state index in [-0.39, 0.29) is 23.9 Å². The highest BCUT2D eigenvalue weighted by Gasteiger charge is 2.32.